The van der Waals surface area contributed by atoms with E-state index in [0.717, 1.165) is 12.8 Å². The number of hydrogen-bond donors (Lipinski definition) is 1. The van der Waals surface area contributed by atoms with Gasteiger partial charge in [-0.3, -0.25) is 14.6 Å². The van der Waals surface area contributed by atoms with Gasteiger partial charge in [0, 0.05) is 45.0 Å². The van der Waals surface area contributed by atoms with Crippen molar-refractivity contribution in [1.29, 1.82) is 0 Å². The van der Waals surface area contributed by atoms with E-state index in [2.05, 4.69) is 31.4 Å². The van der Waals surface area contributed by atoms with Crippen LogP contribution in [0.4, 0.5) is 8.78 Å². The van der Waals surface area contributed by atoms with Crippen LogP contribution in [0.5, 0.6) is 0 Å². The van der Waals surface area contributed by atoms with Gasteiger partial charge in [-0.15, -0.1) is 12.3 Å². The zero-order valence-corrected chi connectivity index (χ0v) is 19.9. The lowest BCUT2D eigenvalue weighted by molar-refractivity contribution is -0.175. The van der Waals surface area contributed by atoms with E-state index in [9.17, 15) is 18.4 Å². The summed E-state index contributed by atoms with van der Waals surface area (Å²) in [4.78, 5) is 37.2. The highest BCUT2D eigenvalue weighted by molar-refractivity contribution is 5.90. The second-order valence-corrected chi connectivity index (χ2v) is 9.89. The Balaban J connectivity index is 1.48. The Kier molecular flexibility index (Phi) is 6.41. The first-order valence-electron chi connectivity index (χ1n) is 12.4. The van der Waals surface area contributed by atoms with E-state index < -0.39 is 35.4 Å². The normalized spacial score (nSPS) is 21.8. The molecule has 0 radical (unpaired) electrons. The number of nitrogens with zero attached hydrogens (tertiary/aromatic N) is 5. The van der Waals surface area contributed by atoms with E-state index in [4.69, 9.17) is 6.42 Å². The van der Waals surface area contributed by atoms with Crippen LogP contribution in [-0.2, 0) is 9.59 Å². The van der Waals surface area contributed by atoms with Crippen molar-refractivity contribution >= 4 is 22.8 Å². The van der Waals surface area contributed by atoms with Crippen molar-refractivity contribution in [3.05, 3.63) is 36.2 Å². The Labute approximate surface area is 208 Å². The summed E-state index contributed by atoms with van der Waals surface area (Å²) in [5.41, 5.74) is 0.754. The van der Waals surface area contributed by atoms with E-state index in [0.29, 0.717) is 48.5 Å². The minimum Gasteiger partial charge on any atom is -0.354 e. The molecule has 3 heterocycles. The van der Waals surface area contributed by atoms with E-state index >= 15 is 0 Å². The van der Waals surface area contributed by atoms with Gasteiger partial charge in [-0.1, -0.05) is 0 Å². The molecule has 2 atom stereocenters. The van der Waals surface area contributed by atoms with Crippen LogP contribution in [-0.4, -0.2) is 51.4 Å². The maximum atomic E-state index is 14.4. The number of carbonyl (C=O) groups excluding carboxylic acids is 2. The fraction of sp³-hybridized carbons (Fsp3) is 0.538. The van der Waals surface area contributed by atoms with Crippen molar-refractivity contribution in [2.75, 3.05) is 13.1 Å². The number of alkyl halides is 2. The van der Waals surface area contributed by atoms with Crippen LogP contribution in [0.15, 0.2) is 40.7 Å². The number of rotatable bonds is 11. The first-order chi connectivity index (χ1) is 17.3. The third-order valence-corrected chi connectivity index (χ3v) is 7.24. The third-order valence-electron chi connectivity index (χ3n) is 7.24. The topological polar surface area (TPSA) is 99.9 Å². The highest BCUT2D eigenvalue weighted by atomic mass is 19.3. The first-order valence-corrected chi connectivity index (χ1v) is 12.4. The van der Waals surface area contributed by atoms with Gasteiger partial charge in [0.25, 0.3) is 5.92 Å². The molecule has 188 valence electrons. The number of hydrogen-bond acceptors (Lipinski definition) is 6. The summed E-state index contributed by atoms with van der Waals surface area (Å²) in [6, 6.07) is 5.68. The highest BCUT2D eigenvalue weighted by Crippen LogP contribution is 2.46. The molecule has 36 heavy (non-hydrogen) atoms. The van der Waals surface area contributed by atoms with Crippen LogP contribution in [0.2, 0.25) is 0 Å². The van der Waals surface area contributed by atoms with Crippen LogP contribution < -0.4 is 5.32 Å². The summed E-state index contributed by atoms with van der Waals surface area (Å²) in [7, 11) is 0. The predicted molar refractivity (Wildman–Crippen MR) is 128 cm³/mol. The molecular weight excluding hydrogens is 466 g/mol. The number of amides is 2. The van der Waals surface area contributed by atoms with Gasteiger partial charge in [0.1, 0.15) is 5.92 Å². The van der Waals surface area contributed by atoms with Gasteiger partial charge < -0.3 is 10.2 Å². The van der Waals surface area contributed by atoms with E-state index in [-0.39, 0.29) is 19.4 Å². The van der Waals surface area contributed by atoms with Gasteiger partial charge in [-0.2, -0.15) is 10.2 Å². The number of fused-ring (bicyclic) bond motifs is 1. The first kappa shape index (κ1) is 24.2. The number of aromatic nitrogens is 2. The quantitative estimate of drug-likeness (QED) is 0.477. The Morgan fingerprint density at radius 1 is 1.17 bits per heavy atom. The van der Waals surface area contributed by atoms with Crippen molar-refractivity contribution in [3.8, 4) is 12.3 Å². The smallest absolute Gasteiger partial charge is 0.259 e. The molecule has 0 aromatic carbocycles. The molecule has 10 heteroatoms. The fourth-order valence-corrected chi connectivity index (χ4v) is 4.57. The molecule has 2 amide bonds. The summed E-state index contributed by atoms with van der Waals surface area (Å²) in [5, 5.41) is 11.1. The van der Waals surface area contributed by atoms with Gasteiger partial charge in [-0.05, 0) is 49.4 Å². The number of halogens is 2. The molecule has 3 aliphatic rings. The summed E-state index contributed by atoms with van der Waals surface area (Å²) >= 11 is 0. The fourth-order valence-electron chi connectivity index (χ4n) is 4.57. The number of pyridine rings is 2. The van der Waals surface area contributed by atoms with Crippen molar-refractivity contribution in [1.82, 2.24) is 20.2 Å². The molecule has 1 aliphatic heterocycles. The Bertz CT molecular complexity index is 1230. The van der Waals surface area contributed by atoms with Crippen molar-refractivity contribution in [3.63, 3.8) is 0 Å². The summed E-state index contributed by atoms with van der Waals surface area (Å²) in [5.74, 6) is -2.79. The van der Waals surface area contributed by atoms with E-state index in [1.165, 1.54) is 4.90 Å². The highest BCUT2D eigenvalue weighted by Gasteiger charge is 2.55. The number of terminal acetylenes is 1. The summed E-state index contributed by atoms with van der Waals surface area (Å²) in [6.07, 6.45) is 10.1. The molecule has 0 saturated heterocycles. The molecule has 2 saturated carbocycles. The molecular formula is C26H28F2N6O2. The summed E-state index contributed by atoms with van der Waals surface area (Å²) < 4.78 is 28.7. The minimum absolute atomic E-state index is 0.0251. The number of carbonyl (C=O) groups is 2. The molecule has 0 spiro atoms. The van der Waals surface area contributed by atoms with Crippen LogP contribution in [0.3, 0.4) is 0 Å². The van der Waals surface area contributed by atoms with Gasteiger partial charge in [-0.25, -0.2) is 13.8 Å². The standard InChI is InChI=1S/C26H28F2N6O2/c1-2-3-11-25(32-33-25)13-15-34(24(36)18-10-12-26(18,27)28)22(23(35)30-16-17-6-7-17)21-9-8-19-20(31-21)5-4-14-29-19/h1,4-5,8-9,14,17-18,22H,3,6-7,10-13,15-16H2,(H,30,35). The average molecular weight is 495 g/mol. The zero-order valence-electron chi connectivity index (χ0n) is 19.9. The third kappa shape index (κ3) is 5.06. The molecule has 2 aliphatic carbocycles. The van der Waals surface area contributed by atoms with Crippen molar-refractivity contribution in [2.45, 2.75) is 62.6 Å². The lowest BCUT2D eigenvalue weighted by Gasteiger charge is -2.40. The largest absolute Gasteiger partial charge is 0.354 e. The Morgan fingerprint density at radius 2 is 1.97 bits per heavy atom. The Morgan fingerprint density at radius 3 is 2.61 bits per heavy atom. The molecule has 8 nitrogen and oxygen atoms in total. The van der Waals surface area contributed by atoms with Crippen LogP contribution >= 0.6 is 0 Å². The van der Waals surface area contributed by atoms with Crippen LogP contribution in [0.25, 0.3) is 11.0 Å². The molecule has 2 aromatic heterocycles. The minimum atomic E-state index is -3.10. The average Bonchev–Trinajstić information content (AvgIpc) is 3.80. The van der Waals surface area contributed by atoms with E-state index in [1.54, 1.807) is 30.5 Å². The number of nitrogens with one attached hydrogen (secondary N) is 1. The van der Waals surface area contributed by atoms with Crippen molar-refractivity contribution < 1.29 is 18.4 Å². The van der Waals surface area contributed by atoms with E-state index in [1.807, 2.05) is 0 Å². The van der Waals surface area contributed by atoms with Gasteiger partial charge in [0.2, 0.25) is 11.8 Å². The zero-order chi connectivity index (χ0) is 25.3. The molecule has 2 aromatic rings. The van der Waals surface area contributed by atoms with Gasteiger partial charge >= 0.3 is 0 Å². The molecule has 5 rings (SSSR count). The lowest BCUT2D eigenvalue weighted by Crippen LogP contribution is -2.54. The second kappa shape index (κ2) is 9.52. The maximum Gasteiger partial charge on any atom is 0.259 e. The SMILES string of the molecule is C#CCCC1(CCN(C(=O)C2CCC2(F)F)C(C(=O)NCC2CC2)c2ccc3ncccc3n2)N=N1. The molecule has 2 unspecified atom stereocenters. The van der Waals surface area contributed by atoms with Crippen molar-refractivity contribution in [2.24, 2.45) is 22.1 Å². The molecule has 0 bridgehead atoms. The predicted octanol–water partition coefficient (Wildman–Crippen LogP) is 4.04. The lowest BCUT2D eigenvalue weighted by atomic mass is 9.79. The van der Waals surface area contributed by atoms with Crippen LogP contribution in [0.1, 0.15) is 56.7 Å². The monoisotopic (exact) mass is 494 g/mol. The summed E-state index contributed by atoms with van der Waals surface area (Å²) in [6.45, 7) is 0.500. The maximum absolute atomic E-state index is 14.4. The van der Waals surface area contributed by atoms with Crippen LogP contribution in [0, 0.1) is 24.2 Å². The van der Waals surface area contributed by atoms with Gasteiger partial charge in [0.15, 0.2) is 11.7 Å². The van der Waals surface area contributed by atoms with Gasteiger partial charge in [0.05, 0.1) is 16.7 Å². The second-order valence-electron chi connectivity index (χ2n) is 9.89. The Hall–Kier alpha value is -3.48. The molecule has 1 N–H and O–H groups in total. The molecule has 2 fully saturated rings.